The third-order valence-electron chi connectivity index (χ3n) is 4.08. The molecule has 1 aliphatic carbocycles. The van der Waals surface area contributed by atoms with Gasteiger partial charge in [-0.05, 0) is 36.9 Å². The molecule has 0 saturated carbocycles. The topological polar surface area (TPSA) is 29.1 Å². The van der Waals surface area contributed by atoms with E-state index in [0.717, 1.165) is 31.6 Å². The van der Waals surface area contributed by atoms with Crippen molar-refractivity contribution in [1.82, 2.24) is 5.32 Å². The first-order valence-electron chi connectivity index (χ1n) is 7.96. The Bertz CT molecular complexity index is 446. The van der Waals surface area contributed by atoms with Crippen molar-refractivity contribution in [2.24, 2.45) is 0 Å². The van der Waals surface area contributed by atoms with E-state index in [-0.39, 0.29) is 11.3 Å². The predicted molar refractivity (Wildman–Crippen MR) is 87.5 cm³/mol. The van der Waals surface area contributed by atoms with E-state index in [4.69, 9.17) is 0 Å². The standard InChI is InChI=1S/C17H27NOS/c1-3-5-8-12-20(19)16-13-14-9-6-7-10-15(14)17(16)18-11-4-2/h6-7,9-10,16-18H,3-5,8,11-13H2,1-2H3. The molecule has 0 aromatic heterocycles. The monoisotopic (exact) mass is 293 g/mol. The first-order valence-corrected chi connectivity index (χ1v) is 9.34. The summed E-state index contributed by atoms with van der Waals surface area (Å²) in [7, 11) is -0.719. The molecule has 112 valence electrons. The Balaban J connectivity index is 2.06. The molecule has 1 N–H and O–H groups in total. The average Bonchev–Trinajstić information content (AvgIpc) is 2.84. The zero-order chi connectivity index (χ0) is 14.4. The molecule has 0 spiro atoms. The molecule has 3 atom stereocenters. The van der Waals surface area contributed by atoms with Crippen LogP contribution in [0.4, 0.5) is 0 Å². The molecule has 0 bridgehead atoms. The Kier molecular flexibility index (Phi) is 6.24. The number of nitrogens with one attached hydrogen (secondary N) is 1. The summed E-state index contributed by atoms with van der Waals surface area (Å²) < 4.78 is 12.6. The van der Waals surface area contributed by atoms with Gasteiger partial charge in [-0.15, -0.1) is 0 Å². The summed E-state index contributed by atoms with van der Waals surface area (Å²) in [6, 6.07) is 8.87. The molecule has 3 heteroatoms. The third kappa shape index (κ3) is 3.70. The van der Waals surface area contributed by atoms with Gasteiger partial charge >= 0.3 is 0 Å². The van der Waals surface area contributed by atoms with Crippen molar-refractivity contribution >= 4 is 10.8 Å². The molecule has 0 fully saturated rings. The molecule has 0 saturated heterocycles. The molecule has 0 radical (unpaired) electrons. The van der Waals surface area contributed by atoms with Crippen molar-refractivity contribution in [2.75, 3.05) is 12.3 Å². The maximum Gasteiger partial charge on any atom is 0.0583 e. The van der Waals surface area contributed by atoms with Gasteiger partial charge in [-0.2, -0.15) is 0 Å². The minimum Gasteiger partial charge on any atom is -0.309 e. The Morgan fingerprint density at radius 1 is 1.20 bits per heavy atom. The summed E-state index contributed by atoms with van der Waals surface area (Å²) >= 11 is 0. The minimum atomic E-state index is -0.719. The average molecular weight is 293 g/mol. The smallest absolute Gasteiger partial charge is 0.0583 e. The Labute approximate surface area is 125 Å². The summed E-state index contributed by atoms with van der Waals surface area (Å²) in [6.07, 6.45) is 5.57. The Morgan fingerprint density at radius 3 is 2.75 bits per heavy atom. The van der Waals surface area contributed by atoms with E-state index in [1.807, 2.05) is 0 Å². The number of rotatable bonds is 8. The van der Waals surface area contributed by atoms with Gasteiger partial charge < -0.3 is 5.32 Å². The molecular formula is C17H27NOS. The molecule has 2 rings (SSSR count). The molecule has 2 nitrogen and oxygen atoms in total. The third-order valence-corrected chi connectivity index (χ3v) is 5.89. The molecule has 1 aromatic rings. The SMILES string of the molecule is CCCCCS(=O)C1Cc2ccccc2C1NCCC. The largest absolute Gasteiger partial charge is 0.309 e. The lowest BCUT2D eigenvalue weighted by molar-refractivity contribution is 0.527. The van der Waals surface area contributed by atoms with Crippen molar-refractivity contribution in [3.63, 3.8) is 0 Å². The van der Waals surface area contributed by atoms with E-state index >= 15 is 0 Å². The highest BCUT2D eigenvalue weighted by Crippen LogP contribution is 2.34. The predicted octanol–water partition coefficient (Wildman–Crippen LogP) is 3.59. The van der Waals surface area contributed by atoms with Gasteiger partial charge in [0.25, 0.3) is 0 Å². The molecule has 3 unspecified atom stereocenters. The molecule has 0 amide bonds. The van der Waals surface area contributed by atoms with Crippen LogP contribution in [0.1, 0.15) is 56.7 Å². The van der Waals surface area contributed by atoms with Crippen LogP contribution in [0.3, 0.4) is 0 Å². The van der Waals surface area contributed by atoms with Crippen LogP contribution in [0.2, 0.25) is 0 Å². The molecular weight excluding hydrogens is 266 g/mol. The van der Waals surface area contributed by atoms with Gasteiger partial charge in [-0.25, -0.2) is 0 Å². The van der Waals surface area contributed by atoms with Crippen LogP contribution < -0.4 is 5.32 Å². The Morgan fingerprint density at radius 2 is 2.00 bits per heavy atom. The summed E-state index contributed by atoms with van der Waals surface area (Å²) in [6.45, 7) is 5.38. The summed E-state index contributed by atoms with van der Waals surface area (Å²) in [5.74, 6) is 0.858. The van der Waals surface area contributed by atoms with Crippen LogP contribution in [0.25, 0.3) is 0 Å². The molecule has 0 heterocycles. The quantitative estimate of drug-likeness (QED) is 0.742. The van der Waals surface area contributed by atoms with Gasteiger partial charge in [-0.3, -0.25) is 4.21 Å². The van der Waals surface area contributed by atoms with Crippen LogP contribution in [0, 0.1) is 0 Å². The fourth-order valence-corrected chi connectivity index (χ4v) is 4.69. The molecule has 1 aliphatic rings. The second-order valence-corrected chi connectivity index (χ2v) is 7.44. The first kappa shape index (κ1) is 15.7. The van der Waals surface area contributed by atoms with Crippen molar-refractivity contribution in [3.05, 3.63) is 35.4 Å². The molecule has 20 heavy (non-hydrogen) atoms. The van der Waals surface area contributed by atoms with Gasteiger partial charge in [0.05, 0.1) is 5.25 Å². The van der Waals surface area contributed by atoms with E-state index in [1.54, 1.807) is 0 Å². The van der Waals surface area contributed by atoms with E-state index in [1.165, 1.54) is 24.0 Å². The highest BCUT2D eigenvalue weighted by atomic mass is 32.2. The highest BCUT2D eigenvalue weighted by Gasteiger charge is 2.35. The molecule has 0 aliphatic heterocycles. The first-order chi connectivity index (χ1) is 9.77. The van der Waals surface area contributed by atoms with Crippen LogP contribution in [0.5, 0.6) is 0 Å². The Hall–Kier alpha value is -0.670. The molecule has 1 aromatic carbocycles. The lowest BCUT2D eigenvalue weighted by Gasteiger charge is -2.21. The van der Waals surface area contributed by atoms with Crippen molar-refractivity contribution in [3.8, 4) is 0 Å². The van der Waals surface area contributed by atoms with Crippen molar-refractivity contribution in [2.45, 2.75) is 57.2 Å². The van der Waals surface area contributed by atoms with E-state index < -0.39 is 10.8 Å². The van der Waals surface area contributed by atoms with Crippen LogP contribution in [-0.4, -0.2) is 21.8 Å². The van der Waals surface area contributed by atoms with Gasteiger partial charge in [0.2, 0.25) is 0 Å². The van der Waals surface area contributed by atoms with Gasteiger partial charge in [0.1, 0.15) is 0 Å². The van der Waals surface area contributed by atoms with Gasteiger partial charge in [-0.1, -0.05) is 51.0 Å². The normalized spacial score (nSPS) is 22.7. The van der Waals surface area contributed by atoms with Crippen molar-refractivity contribution < 1.29 is 4.21 Å². The van der Waals surface area contributed by atoms with Crippen molar-refractivity contribution in [1.29, 1.82) is 0 Å². The summed E-state index contributed by atoms with van der Waals surface area (Å²) in [5.41, 5.74) is 2.75. The maximum atomic E-state index is 12.6. The second-order valence-electron chi connectivity index (χ2n) is 5.67. The minimum absolute atomic E-state index is 0.260. The summed E-state index contributed by atoms with van der Waals surface area (Å²) in [4.78, 5) is 0. The fourth-order valence-electron chi connectivity index (χ4n) is 2.99. The lowest BCUT2D eigenvalue weighted by atomic mass is 10.1. The number of hydrogen-bond acceptors (Lipinski definition) is 2. The zero-order valence-corrected chi connectivity index (χ0v) is 13.5. The fraction of sp³-hybridized carbons (Fsp3) is 0.647. The zero-order valence-electron chi connectivity index (χ0n) is 12.7. The van der Waals surface area contributed by atoms with Crippen LogP contribution in [-0.2, 0) is 17.2 Å². The second kappa shape index (κ2) is 7.94. The summed E-state index contributed by atoms with van der Waals surface area (Å²) in [5, 5.41) is 3.88. The van der Waals surface area contributed by atoms with Gasteiger partial charge in [0, 0.05) is 22.6 Å². The van der Waals surface area contributed by atoms with Gasteiger partial charge in [0.15, 0.2) is 0 Å². The van der Waals surface area contributed by atoms with E-state index in [0.29, 0.717) is 0 Å². The highest BCUT2D eigenvalue weighted by molar-refractivity contribution is 7.85. The number of unbranched alkanes of at least 4 members (excludes halogenated alkanes) is 2. The number of hydrogen-bond donors (Lipinski definition) is 1. The van der Waals surface area contributed by atoms with E-state index in [9.17, 15) is 4.21 Å². The van der Waals surface area contributed by atoms with Crippen LogP contribution in [0.15, 0.2) is 24.3 Å². The lowest BCUT2D eigenvalue weighted by Crippen LogP contribution is -2.33. The van der Waals surface area contributed by atoms with Crippen LogP contribution >= 0.6 is 0 Å². The van der Waals surface area contributed by atoms with E-state index in [2.05, 4.69) is 43.4 Å². The maximum absolute atomic E-state index is 12.6. The number of benzene rings is 1. The number of fused-ring (bicyclic) bond motifs is 1.